The summed E-state index contributed by atoms with van der Waals surface area (Å²) >= 11 is 3.21. The van der Waals surface area contributed by atoms with E-state index in [0.29, 0.717) is 0 Å². The average Bonchev–Trinajstić information content (AvgIpc) is 2.77. The Labute approximate surface area is 119 Å². The number of thiazole rings is 1. The lowest BCUT2D eigenvalue weighted by Gasteiger charge is -2.03. The summed E-state index contributed by atoms with van der Waals surface area (Å²) in [6.07, 6.45) is 4.98. The SMILES string of the molecule is CSc1ccc(/C=c2\sc3n(c2=O)CCCN=3)cc1. The summed E-state index contributed by atoms with van der Waals surface area (Å²) in [4.78, 5) is 18.7. The van der Waals surface area contributed by atoms with E-state index in [1.807, 2.05) is 18.2 Å². The summed E-state index contributed by atoms with van der Waals surface area (Å²) in [6.45, 7) is 1.63. The van der Waals surface area contributed by atoms with Crippen molar-refractivity contribution in [2.24, 2.45) is 4.99 Å². The molecular weight excluding hydrogens is 276 g/mol. The third-order valence-corrected chi connectivity index (χ3v) is 4.88. The maximum Gasteiger partial charge on any atom is 0.270 e. The van der Waals surface area contributed by atoms with Gasteiger partial charge in [-0.3, -0.25) is 14.4 Å². The van der Waals surface area contributed by atoms with Crippen molar-refractivity contribution in [2.75, 3.05) is 12.8 Å². The molecule has 5 heteroatoms. The summed E-state index contributed by atoms with van der Waals surface area (Å²) in [5.74, 6) is 0. The first-order valence-electron chi connectivity index (χ1n) is 6.18. The van der Waals surface area contributed by atoms with Gasteiger partial charge in [-0.1, -0.05) is 23.5 Å². The van der Waals surface area contributed by atoms with Gasteiger partial charge in [0, 0.05) is 18.0 Å². The standard InChI is InChI=1S/C14H14N2OS2/c1-18-11-5-3-10(4-6-11)9-12-13(17)16-8-2-7-15-14(16)19-12/h3-6,9H,2,7-8H2,1H3/b12-9-. The molecule has 19 heavy (non-hydrogen) atoms. The molecule has 1 aliphatic heterocycles. The number of fused-ring (bicyclic) bond motifs is 1. The van der Waals surface area contributed by atoms with Crippen molar-refractivity contribution < 1.29 is 0 Å². The largest absolute Gasteiger partial charge is 0.284 e. The Morgan fingerprint density at radius 3 is 2.84 bits per heavy atom. The van der Waals surface area contributed by atoms with Gasteiger partial charge in [0.1, 0.15) is 0 Å². The minimum absolute atomic E-state index is 0.0948. The summed E-state index contributed by atoms with van der Waals surface area (Å²) in [5, 5.41) is 0. The van der Waals surface area contributed by atoms with Gasteiger partial charge in [0.05, 0.1) is 4.53 Å². The van der Waals surface area contributed by atoms with Crippen LogP contribution in [0.2, 0.25) is 0 Å². The number of thioether (sulfide) groups is 1. The molecule has 0 unspecified atom stereocenters. The van der Waals surface area contributed by atoms with Crippen LogP contribution in [0.4, 0.5) is 0 Å². The normalized spacial score (nSPS) is 15.1. The quantitative estimate of drug-likeness (QED) is 0.785. The lowest BCUT2D eigenvalue weighted by atomic mass is 10.2. The van der Waals surface area contributed by atoms with Crippen LogP contribution >= 0.6 is 23.1 Å². The minimum atomic E-state index is 0.0948. The van der Waals surface area contributed by atoms with Crippen LogP contribution in [0.1, 0.15) is 12.0 Å². The number of hydrogen-bond donors (Lipinski definition) is 0. The van der Waals surface area contributed by atoms with Crippen molar-refractivity contribution in [3.8, 4) is 0 Å². The van der Waals surface area contributed by atoms with Crippen LogP contribution in [0.3, 0.4) is 0 Å². The first kappa shape index (κ1) is 12.7. The van der Waals surface area contributed by atoms with E-state index in [1.165, 1.54) is 16.2 Å². The molecule has 1 aromatic carbocycles. The van der Waals surface area contributed by atoms with Crippen LogP contribution < -0.4 is 14.9 Å². The minimum Gasteiger partial charge on any atom is -0.284 e. The van der Waals surface area contributed by atoms with Crippen LogP contribution in [-0.4, -0.2) is 17.4 Å². The first-order chi connectivity index (χ1) is 9.28. The molecule has 2 aromatic rings. The van der Waals surface area contributed by atoms with Crippen LogP contribution in [0.15, 0.2) is 38.9 Å². The second kappa shape index (κ2) is 5.35. The Morgan fingerprint density at radius 2 is 2.16 bits per heavy atom. The van der Waals surface area contributed by atoms with Crippen LogP contribution in [-0.2, 0) is 6.54 Å². The van der Waals surface area contributed by atoms with E-state index in [9.17, 15) is 4.79 Å². The monoisotopic (exact) mass is 290 g/mol. The number of nitrogens with zero attached hydrogens (tertiary/aromatic N) is 2. The molecule has 0 amide bonds. The van der Waals surface area contributed by atoms with Gasteiger partial charge in [-0.25, -0.2) is 0 Å². The molecule has 1 aromatic heterocycles. The van der Waals surface area contributed by atoms with Gasteiger partial charge in [0.2, 0.25) is 0 Å². The highest BCUT2D eigenvalue weighted by atomic mass is 32.2. The van der Waals surface area contributed by atoms with E-state index in [-0.39, 0.29) is 5.56 Å². The highest BCUT2D eigenvalue weighted by Gasteiger charge is 2.08. The van der Waals surface area contributed by atoms with Crippen LogP contribution in [0, 0.1) is 0 Å². The average molecular weight is 290 g/mol. The molecule has 3 nitrogen and oxygen atoms in total. The molecule has 1 aliphatic rings. The van der Waals surface area contributed by atoms with Gasteiger partial charge in [-0.15, -0.1) is 11.8 Å². The fourth-order valence-corrected chi connectivity index (χ4v) is 3.52. The Hall–Kier alpha value is -1.33. The molecule has 0 saturated carbocycles. The summed E-state index contributed by atoms with van der Waals surface area (Å²) in [7, 11) is 0. The van der Waals surface area contributed by atoms with Crippen LogP contribution in [0.25, 0.3) is 6.08 Å². The van der Waals surface area contributed by atoms with Gasteiger partial charge in [0.15, 0.2) is 4.80 Å². The fourth-order valence-electron chi connectivity index (χ4n) is 2.08. The Kier molecular flexibility index (Phi) is 3.57. The van der Waals surface area contributed by atoms with Crippen molar-refractivity contribution in [3.05, 3.63) is 49.5 Å². The molecule has 0 aliphatic carbocycles. The third-order valence-electron chi connectivity index (χ3n) is 3.09. The van der Waals surface area contributed by atoms with E-state index < -0.39 is 0 Å². The second-order valence-electron chi connectivity index (χ2n) is 4.36. The second-order valence-corrected chi connectivity index (χ2v) is 6.25. The van der Waals surface area contributed by atoms with Gasteiger partial charge in [0.25, 0.3) is 5.56 Å². The van der Waals surface area contributed by atoms with E-state index in [2.05, 4.69) is 23.4 Å². The predicted octanol–water partition coefficient (Wildman–Crippen LogP) is 1.48. The zero-order valence-corrected chi connectivity index (χ0v) is 12.3. The Balaban J connectivity index is 2.09. The molecule has 0 saturated heterocycles. The number of aromatic nitrogens is 1. The van der Waals surface area contributed by atoms with Crippen LogP contribution in [0.5, 0.6) is 0 Å². The Bertz CT molecular complexity index is 756. The molecule has 0 atom stereocenters. The predicted molar refractivity (Wildman–Crippen MR) is 80.6 cm³/mol. The van der Waals surface area contributed by atoms with Gasteiger partial charge >= 0.3 is 0 Å². The van der Waals surface area contributed by atoms with E-state index in [0.717, 1.165) is 34.4 Å². The number of rotatable bonds is 2. The highest BCUT2D eigenvalue weighted by Crippen LogP contribution is 2.14. The summed E-state index contributed by atoms with van der Waals surface area (Å²) in [5.41, 5.74) is 1.16. The smallest absolute Gasteiger partial charge is 0.270 e. The van der Waals surface area contributed by atoms with E-state index in [4.69, 9.17) is 0 Å². The lowest BCUT2D eigenvalue weighted by molar-refractivity contribution is 0.573. The summed E-state index contributed by atoms with van der Waals surface area (Å²) in [6, 6.07) is 8.25. The van der Waals surface area contributed by atoms with Gasteiger partial charge in [-0.05, 0) is 36.4 Å². The molecule has 0 N–H and O–H groups in total. The third kappa shape index (κ3) is 2.53. The number of hydrogen-bond acceptors (Lipinski definition) is 4. The molecule has 0 fully saturated rings. The molecule has 0 spiro atoms. The van der Waals surface area contributed by atoms with Crippen molar-refractivity contribution in [2.45, 2.75) is 17.9 Å². The molecule has 2 heterocycles. The maximum atomic E-state index is 12.2. The molecule has 0 bridgehead atoms. The van der Waals surface area contributed by atoms with Gasteiger partial charge in [-0.2, -0.15) is 0 Å². The van der Waals surface area contributed by atoms with Gasteiger partial charge < -0.3 is 0 Å². The molecule has 98 valence electrons. The van der Waals surface area contributed by atoms with Crippen molar-refractivity contribution in [1.82, 2.24) is 4.57 Å². The van der Waals surface area contributed by atoms with E-state index in [1.54, 1.807) is 16.3 Å². The zero-order valence-electron chi connectivity index (χ0n) is 10.6. The zero-order chi connectivity index (χ0) is 13.2. The van der Waals surface area contributed by atoms with Crippen molar-refractivity contribution in [1.29, 1.82) is 0 Å². The maximum absolute atomic E-state index is 12.2. The van der Waals surface area contributed by atoms with Crippen molar-refractivity contribution >= 4 is 29.2 Å². The summed E-state index contributed by atoms with van der Waals surface area (Å²) < 4.78 is 2.56. The topological polar surface area (TPSA) is 34.4 Å². The molecule has 3 rings (SSSR count). The van der Waals surface area contributed by atoms with E-state index >= 15 is 0 Å². The first-order valence-corrected chi connectivity index (χ1v) is 8.22. The molecular formula is C14H14N2OS2. The Morgan fingerprint density at radius 1 is 1.37 bits per heavy atom. The lowest BCUT2D eigenvalue weighted by Crippen LogP contribution is -2.33. The molecule has 0 radical (unpaired) electrons. The fraction of sp³-hybridized carbons (Fsp3) is 0.286. The highest BCUT2D eigenvalue weighted by molar-refractivity contribution is 7.98. The number of benzene rings is 1. The van der Waals surface area contributed by atoms with Crippen molar-refractivity contribution in [3.63, 3.8) is 0 Å².